The van der Waals surface area contributed by atoms with E-state index < -0.39 is 5.97 Å². The Labute approximate surface area is 118 Å². The molecule has 1 aromatic rings. The second kappa shape index (κ2) is 7.79. The molecule has 1 aromatic carbocycles. The van der Waals surface area contributed by atoms with Crippen molar-refractivity contribution in [2.45, 2.75) is 27.2 Å². The number of esters is 1. The fourth-order valence-electron chi connectivity index (χ4n) is 1.18. The molecular formula is C14H19ClN2O2. The molecule has 4 nitrogen and oxygen atoms in total. The van der Waals surface area contributed by atoms with Gasteiger partial charge in [-0.2, -0.15) is 5.10 Å². The number of hydrogen-bond donors (Lipinski definition) is 1. The van der Waals surface area contributed by atoms with Crippen molar-refractivity contribution >= 4 is 28.4 Å². The first-order chi connectivity index (χ1) is 9.02. The van der Waals surface area contributed by atoms with Crippen LogP contribution in [0.2, 0.25) is 0 Å². The summed E-state index contributed by atoms with van der Waals surface area (Å²) in [6.07, 6.45) is 0.948. The van der Waals surface area contributed by atoms with Gasteiger partial charge < -0.3 is 4.74 Å². The molecule has 1 rings (SSSR count). The van der Waals surface area contributed by atoms with Crippen LogP contribution in [0.15, 0.2) is 29.4 Å². The molecule has 19 heavy (non-hydrogen) atoms. The first-order valence-corrected chi connectivity index (χ1v) is 6.63. The van der Waals surface area contributed by atoms with Gasteiger partial charge in [0, 0.05) is 0 Å². The summed E-state index contributed by atoms with van der Waals surface area (Å²) in [5.74, 6) is -0.292. The number of hydrogen-bond acceptors (Lipinski definition) is 4. The summed E-state index contributed by atoms with van der Waals surface area (Å²) in [5.41, 5.74) is 4.62. The average molecular weight is 283 g/mol. The molecule has 0 heterocycles. The van der Waals surface area contributed by atoms with Crippen molar-refractivity contribution in [3.05, 3.63) is 29.8 Å². The molecule has 1 N–H and O–H groups in total. The van der Waals surface area contributed by atoms with Crippen molar-refractivity contribution < 1.29 is 9.53 Å². The molecule has 0 aliphatic heterocycles. The maximum absolute atomic E-state index is 11.5. The first kappa shape index (κ1) is 15.5. The maximum Gasteiger partial charge on any atom is 0.370 e. The Hall–Kier alpha value is -1.55. The largest absolute Gasteiger partial charge is 0.460 e. The molecule has 0 saturated heterocycles. The van der Waals surface area contributed by atoms with E-state index in [1.165, 1.54) is 0 Å². The molecule has 0 aliphatic rings. The Morgan fingerprint density at radius 3 is 2.63 bits per heavy atom. The lowest BCUT2D eigenvalue weighted by molar-refractivity contribution is -0.136. The molecule has 0 unspecified atom stereocenters. The quantitative estimate of drug-likeness (QED) is 0.493. The molecule has 0 bridgehead atoms. The summed E-state index contributed by atoms with van der Waals surface area (Å²) in [5, 5.41) is 3.58. The van der Waals surface area contributed by atoms with E-state index in [1.54, 1.807) is 0 Å². The molecular weight excluding hydrogens is 264 g/mol. The summed E-state index contributed by atoms with van der Waals surface area (Å²) < 4.78 is 5.02. The summed E-state index contributed by atoms with van der Waals surface area (Å²) in [7, 11) is 0. The zero-order valence-electron chi connectivity index (χ0n) is 11.4. The number of hydrazone groups is 1. The maximum atomic E-state index is 11.5. The standard InChI is InChI=1S/C14H19ClN2O2/c1-4-10(2)9-19-14(18)13(15)17-16-12-7-5-11(3)6-8-12/h5-8,10,16H,4,9H2,1-3H3/b17-13+/t10-/m0/s1. The third kappa shape index (κ3) is 5.75. The van der Waals surface area contributed by atoms with Crippen LogP contribution in [-0.4, -0.2) is 17.7 Å². The van der Waals surface area contributed by atoms with E-state index in [2.05, 4.69) is 10.5 Å². The zero-order chi connectivity index (χ0) is 14.3. The van der Waals surface area contributed by atoms with Gasteiger partial charge in [0.25, 0.3) is 0 Å². The van der Waals surface area contributed by atoms with Crippen LogP contribution in [0.5, 0.6) is 0 Å². The number of nitrogens with zero attached hydrogens (tertiary/aromatic N) is 1. The number of benzene rings is 1. The van der Waals surface area contributed by atoms with Crippen LogP contribution in [0.4, 0.5) is 5.69 Å². The molecule has 0 fully saturated rings. The molecule has 104 valence electrons. The third-order valence-corrected chi connectivity index (χ3v) is 2.94. The van der Waals surface area contributed by atoms with Crippen LogP contribution in [-0.2, 0) is 9.53 Å². The highest BCUT2D eigenvalue weighted by Crippen LogP contribution is 2.09. The van der Waals surface area contributed by atoms with E-state index in [1.807, 2.05) is 45.0 Å². The second-order valence-electron chi connectivity index (χ2n) is 4.49. The van der Waals surface area contributed by atoms with Gasteiger partial charge >= 0.3 is 5.97 Å². The number of halogens is 1. The third-order valence-electron chi connectivity index (χ3n) is 2.70. The molecule has 5 heteroatoms. The Morgan fingerprint density at radius 1 is 1.42 bits per heavy atom. The van der Waals surface area contributed by atoms with Gasteiger partial charge in [-0.15, -0.1) is 0 Å². The van der Waals surface area contributed by atoms with Crippen molar-refractivity contribution in [2.75, 3.05) is 12.0 Å². The lowest BCUT2D eigenvalue weighted by Crippen LogP contribution is -2.17. The highest BCUT2D eigenvalue weighted by atomic mass is 35.5. The SMILES string of the molecule is CC[C@H](C)COC(=O)/C(Cl)=N\Nc1ccc(C)cc1. The molecule has 0 aliphatic carbocycles. The minimum atomic E-state index is -0.610. The van der Waals surface area contributed by atoms with Crippen LogP contribution in [0.1, 0.15) is 25.8 Å². The van der Waals surface area contributed by atoms with Crippen LogP contribution in [0.3, 0.4) is 0 Å². The Kier molecular flexibility index (Phi) is 6.36. The lowest BCUT2D eigenvalue weighted by atomic mass is 10.1. The summed E-state index contributed by atoms with van der Waals surface area (Å²) in [4.78, 5) is 11.5. The highest BCUT2D eigenvalue weighted by molar-refractivity contribution is 6.82. The van der Waals surface area contributed by atoms with Crippen molar-refractivity contribution in [3.63, 3.8) is 0 Å². The Morgan fingerprint density at radius 2 is 2.05 bits per heavy atom. The van der Waals surface area contributed by atoms with Gasteiger partial charge in [0.05, 0.1) is 12.3 Å². The number of ether oxygens (including phenoxy) is 1. The number of anilines is 1. The molecule has 1 atom stereocenters. The monoisotopic (exact) mass is 282 g/mol. The molecule has 0 radical (unpaired) electrons. The van der Waals surface area contributed by atoms with Gasteiger partial charge in [0.2, 0.25) is 5.17 Å². The zero-order valence-corrected chi connectivity index (χ0v) is 12.2. The van der Waals surface area contributed by atoms with Gasteiger partial charge in [0.15, 0.2) is 0 Å². The normalized spacial score (nSPS) is 12.9. The fraction of sp³-hybridized carbons (Fsp3) is 0.429. The van der Waals surface area contributed by atoms with Crippen LogP contribution >= 0.6 is 11.6 Å². The summed E-state index contributed by atoms with van der Waals surface area (Å²) in [6.45, 7) is 6.38. The number of nitrogens with one attached hydrogen (secondary N) is 1. The smallest absolute Gasteiger partial charge is 0.370 e. The number of carbonyl (C=O) groups is 1. The number of carbonyl (C=O) groups excluding carboxylic acids is 1. The Balaban J connectivity index is 2.47. The average Bonchev–Trinajstić information content (AvgIpc) is 2.43. The fourth-order valence-corrected chi connectivity index (χ4v) is 1.28. The molecule has 0 saturated carbocycles. The van der Waals surface area contributed by atoms with Crippen molar-refractivity contribution in [3.8, 4) is 0 Å². The van der Waals surface area contributed by atoms with E-state index >= 15 is 0 Å². The van der Waals surface area contributed by atoms with Crippen LogP contribution < -0.4 is 5.43 Å². The lowest BCUT2D eigenvalue weighted by Gasteiger charge is -2.08. The predicted molar refractivity (Wildman–Crippen MR) is 78.5 cm³/mol. The van der Waals surface area contributed by atoms with E-state index in [9.17, 15) is 4.79 Å². The van der Waals surface area contributed by atoms with Gasteiger partial charge in [-0.25, -0.2) is 4.79 Å². The molecule has 0 spiro atoms. The van der Waals surface area contributed by atoms with Gasteiger partial charge in [-0.3, -0.25) is 5.43 Å². The van der Waals surface area contributed by atoms with E-state index in [-0.39, 0.29) is 5.17 Å². The molecule has 0 amide bonds. The minimum absolute atomic E-state index is 0.205. The van der Waals surface area contributed by atoms with Crippen molar-refractivity contribution in [2.24, 2.45) is 11.0 Å². The summed E-state index contributed by atoms with van der Waals surface area (Å²) >= 11 is 5.75. The van der Waals surface area contributed by atoms with E-state index in [4.69, 9.17) is 16.3 Å². The van der Waals surface area contributed by atoms with Crippen molar-refractivity contribution in [1.29, 1.82) is 0 Å². The number of aryl methyl sites for hydroxylation is 1. The van der Waals surface area contributed by atoms with Crippen LogP contribution in [0, 0.1) is 12.8 Å². The summed E-state index contributed by atoms with van der Waals surface area (Å²) in [6, 6.07) is 7.58. The molecule has 0 aromatic heterocycles. The van der Waals surface area contributed by atoms with E-state index in [0.29, 0.717) is 12.5 Å². The minimum Gasteiger partial charge on any atom is -0.460 e. The van der Waals surface area contributed by atoms with Gasteiger partial charge in [0.1, 0.15) is 0 Å². The Bertz CT molecular complexity index is 443. The van der Waals surface area contributed by atoms with Gasteiger partial charge in [-0.1, -0.05) is 49.6 Å². The second-order valence-corrected chi connectivity index (χ2v) is 4.85. The number of rotatable bonds is 6. The predicted octanol–water partition coefficient (Wildman–Crippen LogP) is 3.55. The van der Waals surface area contributed by atoms with Crippen LogP contribution in [0.25, 0.3) is 0 Å². The van der Waals surface area contributed by atoms with E-state index in [0.717, 1.165) is 17.7 Å². The van der Waals surface area contributed by atoms with Gasteiger partial charge in [-0.05, 0) is 25.0 Å². The topological polar surface area (TPSA) is 50.7 Å². The van der Waals surface area contributed by atoms with Crippen molar-refractivity contribution in [1.82, 2.24) is 0 Å². The highest BCUT2D eigenvalue weighted by Gasteiger charge is 2.11. The first-order valence-electron chi connectivity index (χ1n) is 6.26.